The van der Waals surface area contributed by atoms with Gasteiger partial charge < -0.3 is 13.4 Å². The fourth-order valence-electron chi connectivity index (χ4n) is 9.33. The molecule has 0 bridgehead atoms. The van der Waals surface area contributed by atoms with Gasteiger partial charge in [0, 0.05) is 60.9 Å². The lowest BCUT2D eigenvalue weighted by molar-refractivity contribution is 0.546. The van der Waals surface area contributed by atoms with Gasteiger partial charge in [0.2, 0.25) is 5.95 Å². The lowest BCUT2D eigenvalue weighted by Crippen LogP contribution is -2.06. The first kappa shape index (κ1) is 31.4. The highest BCUT2D eigenvalue weighted by atomic mass is 16.3. The van der Waals surface area contributed by atoms with Crippen LogP contribution in [0.25, 0.3) is 117 Å². The van der Waals surface area contributed by atoms with Crippen LogP contribution in [0.3, 0.4) is 0 Å². The van der Waals surface area contributed by atoms with Gasteiger partial charge in [0.15, 0.2) is 11.6 Å². The Labute approximate surface area is 330 Å². The standard InChI is InChI=1S/C51H31N5O2/c1-6-21-40-31(13-1)32-14-2-7-22-41(32)55(40)30-27-28-45-39(29-30)35-18-11-20-38(48(35)58-45)50-52-49(37-19-12-26-46-47(37)36-17-5-10-25-44(36)57-46)53-51(54-50)56-42-23-8-3-15-33(42)34-16-4-9-24-43(34)56/h1-9,11-24,26-29H,10,25H2. The topological polar surface area (TPSA) is 74.8 Å². The molecular weight excluding hydrogens is 715 g/mol. The first-order valence-electron chi connectivity index (χ1n) is 19.7. The molecular formula is C51H31N5O2. The number of aryl methyl sites for hydroxylation is 1. The Morgan fingerprint density at radius 1 is 0.466 bits per heavy atom. The van der Waals surface area contributed by atoms with Gasteiger partial charge in [0.25, 0.3) is 0 Å². The lowest BCUT2D eigenvalue weighted by atomic mass is 9.99. The Morgan fingerprint density at radius 2 is 1.05 bits per heavy atom. The molecule has 5 aromatic heterocycles. The molecule has 0 saturated heterocycles. The number of aromatic nitrogens is 5. The van der Waals surface area contributed by atoms with Crippen molar-refractivity contribution in [2.45, 2.75) is 12.8 Å². The Balaban J connectivity index is 1.07. The highest BCUT2D eigenvalue weighted by Gasteiger charge is 2.24. The summed E-state index contributed by atoms with van der Waals surface area (Å²) >= 11 is 0. The van der Waals surface area contributed by atoms with Crippen molar-refractivity contribution in [3.8, 4) is 34.4 Å². The van der Waals surface area contributed by atoms with E-state index in [0.717, 1.165) is 107 Å². The van der Waals surface area contributed by atoms with Gasteiger partial charge in [0.05, 0.1) is 27.6 Å². The van der Waals surface area contributed by atoms with Gasteiger partial charge in [-0.15, -0.1) is 0 Å². The lowest BCUT2D eigenvalue weighted by Gasteiger charge is -2.12. The molecule has 7 nitrogen and oxygen atoms in total. The van der Waals surface area contributed by atoms with Crippen LogP contribution in [0.15, 0.2) is 167 Å². The Bertz CT molecular complexity index is 3600. The number of rotatable bonds is 4. The minimum atomic E-state index is 0.527. The third-order valence-corrected chi connectivity index (χ3v) is 11.9. The van der Waals surface area contributed by atoms with Crippen LogP contribution in [-0.2, 0) is 6.42 Å². The van der Waals surface area contributed by atoms with E-state index in [1.165, 1.54) is 10.8 Å². The van der Waals surface area contributed by atoms with Crippen LogP contribution in [0.1, 0.15) is 17.7 Å². The maximum absolute atomic E-state index is 6.79. The normalized spacial score (nSPS) is 13.0. The summed E-state index contributed by atoms with van der Waals surface area (Å²) in [5.74, 6) is 2.62. The van der Waals surface area contributed by atoms with E-state index in [1.54, 1.807) is 0 Å². The number of benzene rings is 7. The largest absolute Gasteiger partial charge is 0.460 e. The number of fused-ring (bicyclic) bond motifs is 12. The predicted molar refractivity (Wildman–Crippen MR) is 234 cm³/mol. The quantitative estimate of drug-likeness (QED) is 0.179. The molecule has 0 unspecified atom stereocenters. The summed E-state index contributed by atoms with van der Waals surface area (Å²) < 4.78 is 17.7. The monoisotopic (exact) mass is 745 g/mol. The van der Waals surface area contributed by atoms with Gasteiger partial charge in [-0.1, -0.05) is 109 Å². The molecule has 1 aliphatic carbocycles. The Morgan fingerprint density at radius 3 is 1.74 bits per heavy atom. The number of nitrogens with zero attached hydrogens (tertiary/aromatic N) is 5. The summed E-state index contributed by atoms with van der Waals surface area (Å²) in [5.41, 5.74) is 10.6. The molecule has 272 valence electrons. The Kier molecular flexibility index (Phi) is 6.43. The molecule has 1 aliphatic rings. The van der Waals surface area contributed by atoms with Crippen molar-refractivity contribution in [2.75, 3.05) is 0 Å². The molecule has 0 radical (unpaired) electrons. The molecule has 0 amide bonds. The predicted octanol–water partition coefficient (Wildman–Crippen LogP) is 13.0. The minimum absolute atomic E-state index is 0.527. The first-order valence-corrected chi connectivity index (χ1v) is 19.7. The molecule has 0 saturated carbocycles. The molecule has 0 spiro atoms. The van der Waals surface area contributed by atoms with Crippen molar-refractivity contribution in [3.05, 3.63) is 169 Å². The summed E-state index contributed by atoms with van der Waals surface area (Å²) in [5, 5.41) is 7.75. The fourth-order valence-corrected chi connectivity index (χ4v) is 9.33. The highest BCUT2D eigenvalue weighted by Crippen LogP contribution is 2.41. The van der Waals surface area contributed by atoms with Crippen LogP contribution in [-0.4, -0.2) is 24.1 Å². The zero-order valence-corrected chi connectivity index (χ0v) is 31.1. The summed E-state index contributed by atoms with van der Waals surface area (Å²) in [6.07, 6.45) is 6.21. The highest BCUT2D eigenvalue weighted by molar-refractivity contribution is 6.13. The van der Waals surface area contributed by atoms with Crippen molar-refractivity contribution in [1.29, 1.82) is 0 Å². The van der Waals surface area contributed by atoms with E-state index in [1.807, 2.05) is 12.1 Å². The van der Waals surface area contributed by atoms with Crippen LogP contribution in [0.5, 0.6) is 0 Å². The molecule has 12 aromatic rings. The van der Waals surface area contributed by atoms with E-state index in [-0.39, 0.29) is 0 Å². The molecule has 13 rings (SSSR count). The van der Waals surface area contributed by atoms with E-state index in [0.29, 0.717) is 17.6 Å². The maximum atomic E-state index is 6.79. The van der Waals surface area contributed by atoms with E-state index in [9.17, 15) is 0 Å². The van der Waals surface area contributed by atoms with Crippen molar-refractivity contribution in [3.63, 3.8) is 0 Å². The van der Waals surface area contributed by atoms with Gasteiger partial charge in [-0.3, -0.25) is 4.57 Å². The molecule has 7 aromatic carbocycles. The van der Waals surface area contributed by atoms with Crippen LogP contribution in [0.2, 0.25) is 0 Å². The molecule has 0 fully saturated rings. The zero-order chi connectivity index (χ0) is 37.9. The fraction of sp³-hybridized carbons (Fsp3) is 0.0392. The molecule has 5 heterocycles. The number of hydrogen-bond donors (Lipinski definition) is 0. The van der Waals surface area contributed by atoms with E-state index in [2.05, 4.69) is 161 Å². The van der Waals surface area contributed by atoms with Crippen LogP contribution < -0.4 is 0 Å². The summed E-state index contributed by atoms with van der Waals surface area (Å²) in [4.78, 5) is 15.9. The average Bonchev–Trinajstić information content (AvgIpc) is 4.04. The number of hydrogen-bond acceptors (Lipinski definition) is 5. The summed E-state index contributed by atoms with van der Waals surface area (Å²) in [7, 11) is 0. The van der Waals surface area contributed by atoms with E-state index in [4.69, 9.17) is 23.8 Å². The molecule has 0 aliphatic heterocycles. The first-order chi connectivity index (χ1) is 28.8. The van der Waals surface area contributed by atoms with E-state index >= 15 is 0 Å². The number of allylic oxidation sites excluding steroid dienone is 1. The van der Waals surface area contributed by atoms with Gasteiger partial charge in [-0.2, -0.15) is 9.97 Å². The van der Waals surface area contributed by atoms with Crippen molar-refractivity contribution >= 4 is 82.6 Å². The minimum Gasteiger partial charge on any atom is -0.460 e. The van der Waals surface area contributed by atoms with Crippen LogP contribution in [0, 0.1) is 0 Å². The second-order valence-corrected chi connectivity index (χ2v) is 15.0. The molecule has 0 atom stereocenters. The van der Waals surface area contributed by atoms with Gasteiger partial charge in [0.1, 0.15) is 22.5 Å². The molecule has 7 heteroatoms. The van der Waals surface area contributed by atoms with Gasteiger partial charge >= 0.3 is 0 Å². The zero-order valence-electron chi connectivity index (χ0n) is 31.1. The number of para-hydroxylation sites is 5. The molecule has 0 N–H and O–H groups in total. The third-order valence-electron chi connectivity index (χ3n) is 11.9. The molecule has 58 heavy (non-hydrogen) atoms. The maximum Gasteiger partial charge on any atom is 0.238 e. The Hall–Kier alpha value is -7.77. The SMILES string of the molecule is C1=Cc2c(oc3cccc(-c4nc(-c5cccc6c5oc5ccc(-n7c8ccccc8c8ccccc87)cc56)nc(-n5c6ccccc6c6ccccc65)n4)c23)CC1. The van der Waals surface area contributed by atoms with Gasteiger partial charge in [-0.05, 0) is 61.0 Å². The van der Waals surface area contributed by atoms with Crippen LogP contribution >= 0.6 is 0 Å². The number of furan rings is 2. The second-order valence-electron chi connectivity index (χ2n) is 15.0. The van der Waals surface area contributed by atoms with Crippen molar-refractivity contribution < 1.29 is 8.83 Å². The smallest absolute Gasteiger partial charge is 0.238 e. The third kappa shape index (κ3) is 4.41. The van der Waals surface area contributed by atoms with Crippen molar-refractivity contribution in [2.24, 2.45) is 0 Å². The van der Waals surface area contributed by atoms with Crippen LogP contribution in [0.4, 0.5) is 0 Å². The van der Waals surface area contributed by atoms with Crippen molar-refractivity contribution in [1.82, 2.24) is 24.1 Å². The average molecular weight is 746 g/mol. The summed E-state index contributed by atoms with van der Waals surface area (Å²) in [6, 6.07) is 52.9. The summed E-state index contributed by atoms with van der Waals surface area (Å²) in [6.45, 7) is 0. The van der Waals surface area contributed by atoms with E-state index < -0.39 is 0 Å². The second kappa shape index (κ2) is 11.9. The van der Waals surface area contributed by atoms with Gasteiger partial charge in [-0.25, -0.2) is 4.98 Å².